The zero-order valence-electron chi connectivity index (χ0n) is 52.1. The number of likely N-dealkylation sites (tertiary alicyclic amines) is 3. The summed E-state index contributed by atoms with van der Waals surface area (Å²) in [7, 11) is 19.5. The predicted molar refractivity (Wildman–Crippen MR) is 355 cm³/mol. The molecule has 21 nitrogen and oxygen atoms in total. The van der Waals surface area contributed by atoms with Gasteiger partial charge < -0.3 is 60.0 Å². The molecule has 3 aliphatic rings. The van der Waals surface area contributed by atoms with Crippen LogP contribution in [-0.2, 0) is 33.6 Å². The molecule has 0 spiro atoms. The smallest absolute Gasteiger partial charge is 0.306 e. The molecule has 3 aliphatic heterocycles. The average Bonchev–Trinajstić information content (AvgIpc) is 3.47. The number of nitrogens with one attached hydrogen (secondary N) is 2. The molecule has 4 N–H and O–H groups in total. The number of hydrogen-bond acceptors (Lipinski definition) is 13. The van der Waals surface area contributed by atoms with Crippen LogP contribution in [0.3, 0.4) is 0 Å². The van der Waals surface area contributed by atoms with E-state index in [1.54, 1.807) is 45.6 Å². The Balaban J connectivity index is -0.000000163. The molecule has 3 heterocycles. The number of hydrogen-bond donors (Lipinski definition) is 4. The van der Waals surface area contributed by atoms with Crippen LogP contribution in [-0.4, -0.2) is 280 Å². The van der Waals surface area contributed by atoms with Crippen molar-refractivity contribution < 1.29 is 53.4 Å². The molecule has 4 radical (unpaired) electrons. The molecule has 0 atom stereocenters. The molecule has 0 aliphatic carbocycles. The molecule has 27 heteroatoms. The number of rotatable bonds is 20. The third kappa shape index (κ3) is 55.3. The number of carboxylic acids is 2. The van der Waals surface area contributed by atoms with Crippen molar-refractivity contribution in [3.63, 3.8) is 0 Å². The monoisotopic (exact) mass is 1430 g/mol. The normalized spacial score (nSPS) is 13.7. The minimum atomic E-state index is -0.779. The minimum absolute atomic E-state index is 0. The maximum Gasteiger partial charge on any atom is 0.306 e. The second-order valence-corrected chi connectivity index (χ2v) is 20.2. The quantitative estimate of drug-likeness (QED) is 0.0419. The molecule has 0 aromatic carbocycles. The highest BCUT2D eigenvalue weighted by Crippen LogP contribution is 2.21. The van der Waals surface area contributed by atoms with Gasteiger partial charge in [-0.1, -0.05) is 96.5 Å². The molecule has 0 unspecified atom stereocenters. The number of nitrogens with zero attached hydrogens (tertiary/aromatic N) is 8. The summed E-state index contributed by atoms with van der Waals surface area (Å²) in [5.41, 5.74) is 0. The Kier molecular flexibility index (Phi) is 71.4. The summed E-state index contributed by atoms with van der Waals surface area (Å²) in [5.74, 6) is -1.60. The zero-order valence-corrected chi connectivity index (χ0v) is 58.2. The van der Waals surface area contributed by atoms with E-state index in [2.05, 4.69) is 110 Å². The van der Waals surface area contributed by atoms with Gasteiger partial charge in [-0.2, -0.15) is 0 Å². The number of carboxylic acid groups (broad SMARTS) is 2. The molecular weight excluding hydrogens is 1320 g/mol. The molecule has 0 aromatic heterocycles. The standard InChI is InChI=1S/C15H29N3O2.C8H12BNO3.C7H10BNO3.C7H16N2O.C6H15N.C5H10BrNO.C3H9N.C2H2BrClO.CH3I.CH4/c1-5-17(4)15(20)12-18(6-2)14(19)11-13-7-9-16(3)10-8-13;9-8(13)10-3-1-6(2-4-10)5-7(11)12;8-7(12)9-3-1-5(2-4-9)6(10)11;1-4-8-6-7(10)9(3)5-2;1-4-7(5-2)6-3;1-3-7(2)5(8)4-6;1-3-4-2;3-1-2(4)5;1-2;/h13H,5-12H2,1-4H3;6H,1-5H2,(H,11,12);5H,1-4H2,(H,10,11);8H,4-6H2,1-3H3;4-6H2,1-3H3;3-4H2,1-2H3;4H,3H2,1-2H3;1H2;1H3;1H4. The Bertz CT molecular complexity index is 1630. The van der Waals surface area contributed by atoms with Crippen molar-refractivity contribution in [1.82, 2.24) is 49.8 Å². The maximum atomic E-state index is 12.3. The second kappa shape index (κ2) is 62.9. The van der Waals surface area contributed by atoms with E-state index in [1.807, 2.05) is 46.6 Å². The van der Waals surface area contributed by atoms with Crippen LogP contribution in [0.25, 0.3) is 0 Å². The first-order valence-electron chi connectivity index (χ1n) is 28.1. The summed E-state index contributed by atoms with van der Waals surface area (Å²) in [6.45, 7) is 31.7. The van der Waals surface area contributed by atoms with E-state index in [9.17, 15) is 43.2 Å². The van der Waals surface area contributed by atoms with Crippen molar-refractivity contribution in [3.05, 3.63) is 0 Å². The largest absolute Gasteiger partial charge is 0.481 e. The van der Waals surface area contributed by atoms with E-state index >= 15 is 0 Å². The highest BCUT2D eigenvalue weighted by Gasteiger charge is 2.26. The van der Waals surface area contributed by atoms with Gasteiger partial charge in [0.1, 0.15) is 0 Å². The SMILES string of the molecule is C.CCN(C)C(=O)CBr.CCN(C)C(=O)CN(CC)C(=O)CC1CCN(C)CC1.CCN(CC)CC.CCNC.CCNCC(=O)N(C)CC.CI.O=C(Cl)CBr.[B]C(=O)N1CCC(C(=O)O)CC1.[B]C(=O)N1CCC(CC(=O)O)CC1. The van der Waals surface area contributed by atoms with Gasteiger partial charge in [0, 0.05) is 86.3 Å². The van der Waals surface area contributed by atoms with Crippen molar-refractivity contribution in [2.24, 2.45) is 17.8 Å². The van der Waals surface area contributed by atoms with E-state index in [-0.39, 0.29) is 66.4 Å². The van der Waals surface area contributed by atoms with Crippen molar-refractivity contribution >= 4 is 134 Å². The average molecular weight is 1430 g/mol. The molecule has 0 aromatic rings. The number of aliphatic carboxylic acids is 2. The molecule has 480 valence electrons. The number of alkyl halides is 3. The molecule has 82 heavy (non-hydrogen) atoms. The summed E-state index contributed by atoms with van der Waals surface area (Å²) < 4.78 is 0. The highest BCUT2D eigenvalue weighted by atomic mass is 127. The van der Waals surface area contributed by atoms with Crippen LogP contribution in [0.2, 0.25) is 0 Å². The molecular formula is C55H110B2Br2ClIN10O11. The van der Waals surface area contributed by atoms with Crippen LogP contribution >= 0.6 is 66.1 Å². The van der Waals surface area contributed by atoms with Gasteiger partial charge in [-0.3, -0.25) is 43.2 Å². The predicted octanol–water partition coefficient (Wildman–Crippen LogP) is 6.92. The summed E-state index contributed by atoms with van der Waals surface area (Å²) >= 11 is 12.8. The van der Waals surface area contributed by atoms with Gasteiger partial charge in [-0.25, -0.2) is 0 Å². The first-order valence-corrected chi connectivity index (χ1v) is 32.9. The molecule has 6 amide bonds. The molecule has 3 fully saturated rings. The Morgan fingerprint density at radius 2 is 0.939 bits per heavy atom. The number of likely N-dealkylation sites (N-methyl/N-ethyl adjacent to an activating group) is 4. The molecule has 3 saturated heterocycles. The number of amides is 6. The van der Waals surface area contributed by atoms with Gasteiger partial charge in [-0.15, -0.1) is 0 Å². The summed E-state index contributed by atoms with van der Waals surface area (Å²) in [6.07, 6.45) is 5.48. The lowest BCUT2D eigenvalue weighted by molar-refractivity contribution is -0.143. The Labute approximate surface area is 534 Å². The van der Waals surface area contributed by atoms with E-state index in [1.165, 1.54) is 24.5 Å². The van der Waals surface area contributed by atoms with Crippen LogP contribution < -0.4 is 10.6 Å². The Morgan fingerprint density at radius 3 is 1.22 bits per heavy atom. The minimum Gasteiger partial charge on any atom is -0.481 e. The third-order valence-electron chi connectivity index (χ3n) is 13.0. The third-order valence-corrected chi connectivity index (χ3v) is 14.5. The Hall–Kier alpha value is -2.62. The first kappa shape index (κ1) is 93.1. The van der Waals surface area contributed by atoms with Gasteiger partial charge in [0.15, 0.2) is 11.6 Å². The van der Waals surface area contributed by atoms with E-state index in [0.717, 1.165) is 65.0 Å². The second-order valence-electron chi connectivity index (χ2n) is 18.6. The van der Waals surface area contributed by atoms with Gasteiger partial charge in [0.05, 0.1) is 29.7 Å². The molecule has 3 rings (SSSR count). The van der Waals surface area contributed by atoms with Gasteiger partial charge in [0.2, 0.25) is 44.6 Å². The maximum absolute atomic E-state index is 12.3. The first-order chi connectivity index (χ1) is 38.1. The fourth-order valence-electron chi connectivity index (χ4n) is 6.92. The van der Waals surface area contributed by atoms with Gasteiger partial charge in [0.25, 0.3) is 0 Å². The van der Waals surface area contributed by atoms with Crippen LogP contribution in [0.15, 0.2) is 0 Å². The van der Waals surface area contributed by atoms with Crippen LogP contribution in [0, 0.1) is 17.8 Å². The lowest BCUT2D eigenvalue weighted by Crippen LogP contribution is -2.42. The fraction of sp³-hybridized carbons (Fsp3) is 0.836. The van der Waals surface area contributed by atoms with Gasteiger partial charge in [-0.05, 0) is 154 Å². The van der Waals surface area contributed by atoms with Gasteiger partial charge >= 0.3 is 11.9 Å². The highest BCUT2D eigenvalue weighted by molar-refractivity contribution is 14.1. The summed E-state index contributed by atoms with van der Waals surface area (Å²) in [6, 6.07) is 0. The number of halogens is 4. The summed E-state index contributed by atoms with van der Waals surface area (Å²) in [4.78, 5) is 114. The summed E-state index contributed by atoms with van der Waals surface area (Å²) in [5, 5.41) is 23.4. The van der Waals surface area contributed by atoms with Crippen molar-refractivity contribution in [1.29, 1.82) is 0 Å². The lowest BCUT2D eigenvalue weighted by Gasteiger charge is -2.30. The van der Waals surface area contributed by atoms with Crippen LogP contribution in [0.4, 0.5) is 9.59 Å². The van der Waals surface area contributed by atoms with Crippen molar-refractivity contribution in [2.75, 3.05) is 162 Å². The van der Waals surface area contributed by atoms with Crippen LogP contribution in [0.5, 0.6) is 0 Å². The fourth-order valence-corrected chi connectivity index (χ4v) is 7.35. The molecule has 0 saturated carbocycles. The van der Waals surface area contributed by atoms with Crippen LogP contribution in [0.1, 0.15) is 121 Å². The Morgan fingerprint density at radius 1 is 0.573 bits per heavy atom. The van der Waals surface area contributed by atoms with E-state index < -0.39 is 23.6 Å². The number of piperidine rings is 3. The number of carbonyl (C=O) groups is 9. The van der Waals surface area contributed by atoms with Crippen molar-refractivity contribution in [2.45, 2.75) is 121 Å². The zero-order chi connectivity index (χ0) is 64.1. The molecule has 0 bridgehead atoms. The van der Waals surface area contributed by atoms with Crippen molar-refractivity contribution in [3.8, 4) is 0 Å². The lowest BCUT2D eigenvalue weighted by atomic mass is 9.92. The van der Waals surface area contributed by atoms with E-state index in [4.69, 9.17) is 37.5 Å². The number of carbonyl (C=O) groups excluding carboxylic acids is 7. The topological polar surface area (TPSA) is 244 Å². The van der Waals surface area contributed by atoms with E-state index in [0.29, 0.717) is 76.3 Å².